The predicted molar refractivity (Wildman–Crippen MR) is 107 cm³/mol. The molecule has 0 spiro atoms. The van der Waals surface area contributed by atoms with Gasteiger partial charge in [0.1, 0.15) is 18.1 Å². The number of ether oxygens (including phenoxy) is 4. The first-order valence-electron chi connectivity index (χ1n) is 9.53. The molecular formula is C21H26N2O6. The zero-order valence-electron chi connectivity index (χ0n) is 16.8. The number of methoxy groups -OCH3 is 1. The number of rotatable bonds is 8. The lowest BCUT2D eigenvalue weighted by atomic mass is 10.3. The lowest BCUT2D eigenvalue weighted by Gasteiger charge is -2.26. The van der Waals surface area contributed by atoms with Crippen molar-refractivity contribution in [1.29, 1.82) is 0 Å². The van der Waals surface area contributed by atoms with Crippen LogP contribution < -0.4 is 19.6 Å². The highest BCUT2D eigenvalue weighted by Crippen LogP contribution is 2.17. The van der Waals surface area contributed by atoms with E-state index in [1.165, 1.54) is 6.07 Å². The summed E-state index contributed by atoms with van der Waals surface area (Å²) in [5.41, 5.74) is 0.412. The zero-order chi connectivity index (χ0) is 20.6. The molecule has 0 radical (unpaired) electrons. The quantitative estimate of drug-likeness (QED) is 0.666. The Labute approximate surface area is 169 Å². The Balaban J connectivity index is 1.57. The van der Waals surface area contributed by atoms with Crippen molar-refractivity contribution in [1.82, 2.24) is 9.47 Å². The molecule has 1 aromatic heterocycles. The first kappa shape index (κ1) is 20.7. The van der Waals surface area contributed by atoms with Crippen LogP contribution in [0.5, 0.6) is 17.2 Å². The summed E-state index contributed by atoms with van der Waals surface area (Å²) in [6.07, 6.45) is 1.70. The molecule has 0 saturated carbocycles. The molecule has 0 unspecified atom stereocenters. The summed E-state index contributed by atoms with van der Waals surface area (Å²) in [5.74, 6) is 1.54. The van der Waals surface area contributed by atoms with Crippen LogP contribution >= 0.6 is 0 Å². The summed E-state index contributed by atoms with van der Waals surface area (Å²) in [7, 11) is 1.61. The fourth-order valence-electron chi connectivity index (χ4n) is 3.04. The van der Waals surface area contributed by atoms with E-state index in [2.05, 4.69) is 0 Å². The summed E-state index contributed by atoms with van der Waals surface area (Å²) in [4.78, 5) is 26.2. The van der Waals surface area contributed by atoms with Gasteiger partial charge in [0, 0.05) is 25.4 Å². The number of carbonyl (C=O) groups is 1. The standard InChI is InChI=1S/C21H26N2O6/c1-16-21(29-15-20(25)23-9-12-27-13-10-23)19(24)7-8-22(16)11-14-28-18-5-3-17(26-2)4-6-18/h3-8H,9-15H2,1-2H3. The monoisotopic (exact) mass is 402 g/mol. The minimum atomic E-state index is -0.246. The van der Waals surface area contributed by atoms with E-state index in [0.29, 0.717) is 45.1 Å². The number of hydrogen-bond acceptors (Lipinski definition) is 6. The van der Waals surface area contributed by atoms with Gasteiger partial charge >= 0.3 is 0 Å². The topological polar surface area (TPSA) is 79.2 Å². The summed E-state index contributed by atoms with van der Waals surface area (Å²) in [6.45, 7) is 4.72. The van der Waals surface area contributed by atoms with Crippen LogP contribution in [0.3, 0.4) is 0 Å². The molecule has 1 aliphatic heterocycles. The Morgan fingerprint density at radius 2 is 1.76 bits per heavy atom. The number of amides is 1. The maximum Gasteiger partial charge on any atom is 0.260 e. The van der Waals surface area contributed by atoms with Crippen LogP contribution in [0, 0.1) is 6.92 Å². The van der Waals surface area contributed by atoms with E-state index in [1.54, 1.807) is 25.1 Å². The van der Waals surface area contributed by atoms with Gasteiger partial charge in [0.05, 0.1) is 32.6 Å². The molecule has 0 N–H and O–H groups in total. The maximum atomic E-state index is 12.3. The van der Waals surface area contributed by atoms with Gasteiger partial charge in [-0.3, -0.25) is 9.59 Å². The molecule has 0 aliphatic carbocycles. The highest BCUT2D eigenvalue weighted by molar-refractivity contribution is 5.77. The minimum absolute atomic E-state index is 0.148. The second-order valence-electron chi connectivity index (χ2n) is 6.59. The van der Waals surface area contributed by atoms with Crippen molar-refractivity contribution in [2.75, 3.05) is 46.6 Å². The van der Waals surface area contributed by atoms with Gasteiger partial charge in [0.25, 0.3) is 5.91 Å². The highest BCUT2D eigenvalue weighted by Gasteiger charge is 2.18. The lowest BCUT2D eigenvalue weighted by molar-refractivity contribution is -0.137. The molecule has 2 aromatic rings. The van der Waals surface area contributed by atoms with E-state index >= 15 is 0 Å². The molecule has 156 valence electrons. The van der Waals surface area contributed by atoms with Crippen LogP contribution in [0.2, 0.25) is 0 Å². The largest absolute Gasteiger partial charge is 0.497 e. The van der Waals surface area contributed by atoms with Gasteiger partial charge in [0.15, 0.2) is 12.4 Å². The Bertz CT molecular complexity index is 872. The van der Waals surface area contributed by atoms with Crippen molar-refractivity contribution in [3.63, 3.8) is 0 Å². The average molecular weight is 402 g/mol. The van der Waals surface area contributed by atoms with Gasteiger partial charge in [-0.15, -0.1) is 0 Å². The molecule has 0 atom stereocenters. The number of hydrogen-bond donors (Lipinski definition) is 0. The number of benzene rings is 1. The van der Waals surface area contributed by atoms with E-state index in [0.717, 1.165) is 11.5 Å². The third-order valence-electron chi connectivity index (χ3n) is 4.75. The minimum Gasteiger partial charge on any atom is -0.497 e. The summed E-state index contributed by atoms with van der Waals surface area (Å²) in [5, 5.41) is 0. The number of nitrogens with zero attached hydrogens (tertiary/aromatic N) is 2. The predicted octanol–water partition coefficient (Wildman–Crippen LogP) is 1.48. The van der Waals surface area contributed by atoms with Crippen LogP contribution in [0.4, 0.5) is 0 Å². The molecule has 0 bridgehead atoms. The summed E-state index contributed by atoms with van der Waals surface area (Å²) < 4.78 is 23.6. The molecule has 1 aliphatic rings. The van der Waals surface area contributed by atoms with Crippen LogP contribution in [0.1, 0.15) is 5.69 Å². The van der Waals surface area contributed by atoms with Crippen molar-refractivity contribution in [2.24, 2.45) is 0 Å². The first-order chi connectivity index (χ1) is 14.1. The number of carbonyl (C=O) groups excluding carboxylic acids is 1. The van der Waals surface area contributed by atoms with Gasteiger partial charge in [-0.2, -0.15) is 0 Å². The van der Waals surface area contributed by atoms with Crippen molar-refractivity contribution in [3.05, 3.63) is 52.4 Å². The smallest absolute Gasteiger partial charge is 0.260 e. The molecule has 3 rings (SSSR count). The van der Waals surface area contributed by atoms with Crippen molar-refractivity contribution in [3.8, 4) is 17.2 Å². The maximum absolute atomic E-state index is 12.3. The molecule has 1 saturated heterocycles. The van der Waals surface area contributed by atoms with Gasteiger partial charge < -0.3 is 28.4 Å². The SMILES string of the molecule is COc1ccc(OCCn2ccc(=O)c(OCC(=O)N3CCOCC3)c2C)cc1. The van der Waals surface area contributed by atoms with Crippen LogP contribution in [0.25, 0.3) is 0 Å². The third kappa shape index (κ3) is 5.51. The average Bonchev–Trinajstić information content (AvgIpc) is 2.76. The lowest BCUT2D eigenvalue weighted by Crippen LogP contribution is -2.43. The second kappa shape index (κ2) is 9.97. The normalized spacial score (nSPS) is 13.8. The molecule has 8 nitrogen and oxygen atoms in total. The second-order valence-corrected chi connectivity index (χ2v) is 6.59. The fraction of sp³-hybridized carbons (Fsp3) is 0.429. The van der Waals surface area contributed by atoms with E-state index in [4.69, 9.17) is 18.9 Å². The number of morpholine rings is 1. The first-order valence-corrected chi connectivity index (χ1v) is 9.53. The van der Waals surface area contributed by atoms with E-state index in [1.807, 2.05) is 28.8 Å². The van der Waals surface area contributed by atoms with Gasteiger partial charge in [-0.1, -0.05) is 0 Å². The van der Waals surface area contributed by atoms with Crippen LogP contribution in [-0.4, -0.2) is 62.0 Å². The van der Waals surface area contributed by atoms with Crippen LogP contribution in [0.15, 0.2) is 41.3 Å². The van der Waals surface area contributed by atoms with Gasteiger partial charge in [-0.25, -0.2) is 0 Å². The number of aromatic nitrogens is 1. The zero-order valence-corrected chi connectivity index (χ0v) is 16.8. The third-order valence-corrected chi connectivity index (χ3v) is 4.75. The molecule has 1 fully saturated rings. The molecule has 1 amide bonds. The summed E-state index contributed by atoms with van der Waals surface area (Å²) in [6, 6.07) is 8.77. The highest BCUT2D eigenvalue weighted by atomic mass is 16.5. The Hall–Kier alpha value is -3.00. The van der Waals surface area contributed by atoms with E-state index in [9.17, 15) is 9.59 Å². The fourth-order valence-corrected chi connectivity index (χ4v) is 3.04. The Kier molecular flexibility index (Phi) is 7.13. The molecule has 8 heteroatoms. The van der Waals surface area contributed by atoms with E-state index in [-0.39, 0.29) is 23.7 Å². The molecule has 29 heavy (non-hydrogen) atoms. The Morgan fingerprint density at radius 3 is 2.45 bits per heavy atom. The molecule has 1 aromatic carbocycles. The van der Waals surface area contributed by atoms with Crippen molar-refractivity contribution < 1.29 is 23.7 Å². The number of pyridine rings is 1. The van der Waals surface area contributed by atoms with Crippen LogP contribution in [-0.2, 0) is 16.1 Å². The van der Waals surface area contributed by atoms with E-state index < -0.39 is 0 Å². The Morgan fingerprint density at radius 1 is 1.07 bits per heavy atom. The van der Waals surface area contributed by atoms with Gasteiger partial charge in [0.2, 0.25) is 5.43 Å². The van der Waals surface area contributed by atoms with Crippen molar-refractivity contribution >= 4 is 5.91 Å². The molecule has 2 heterocycles. The van der Waals surface area contributed by atoms with Gasteiger partial charge in [-0.05, 0) is 31.2 Å². The molecular weight excluding hydrogens is 376 g/mol. The summed E-state index contributed by atoms with van der Waals surface area (Å²) >= 11 is 0. The van der Waals surface area contributed by atoms with Crippen molar-refractivity contribution in [2.45, 2.75) is 13.5 Å².